The lowest BCUT2D eigenvalue weighted by molar-refractivity contribution is 0.276. The van der Waals surface area contributed by atoms with Crippen LogP contribution in [0.1, 0.15) is 51.3 Å². The number of aromatic nitrogens is 2. The Morgan fingerprint density at radius 3 is 2.80 bits per heavy atom. The second kappa shape index (κ2) is 3.97. The van der Waals surface area contributed by atoms with Gasteiger partial charge in [0.2, 0.25) is 0 Å². The van der Waals surface area contributed by atoms with Crippen LogP contribution in [-0.2, 0) is 6.54 Å². The molecule has 84 valence electrons. The molecular weight excluding hydrogens is 186 g/mol. The Morgan fingerprint density at radius 2 is 2.20 bits per heavy atom. The highest BCUT2D eigenvalue weighted by molar-refractivity contribution is 5.04. The number of nitrogens with zero attached hydrogens (tertiary/aromatic N) is 2. The molecule has 0 aliphatic heterocycles. The van der Waals surface area contributed by atoms with Crippen molar-refractivity contribution in [3.8, 4) is 0 Å². The first kappa shape index (κ1) is 10.7. The van der Waals surface area contributed by atoms with E-state index < -0.39 is 0 Å². The third-order valence-electron chi connectivity index (χ3n) is 3.57. The largest absolute Gasteiger partial charge is 0.333 e. The van der Waals surface area contributed by atoms with Gasteiger partial charge in [0, 0.05) is 18.8 Å². The lowest BCUT2D eigenvalue weighted by Crippen LogP contribution is -2.22. The maximum atomic E-state index is 5.92. The zero-order chi connectivity index (χ0) is 10.9. The van der Waals surface area contributed by atoms with E-state index in [1.807, 2.05) is 19.4 Å². The second-order valence-corrected chi connectivity index (χ2v) is 5.25. The van der Waals surface area contributed by atoms with Crippen molar-refractivity contribution in [2.45, 2.75) is 52.1 Å². The predicted molar refractivity (Wildman–Crippen MR) is 61.4 cm³/mol. The van der Waals surface area contributed by atoms with Crippen molar-refractivity contribution < 1.29 is 0 Å². The van der Waals surface area contributed by atoms with E-state index in [0.717, 1.165) is 12.2 Å². The van der Waals surface area contributed by atoms with E-state index in [0.29, 0.717) is 5.41 Å². The van der Waals surface area contributed by atoms with Gasteiger partial charge in [-0.3, -0.25) is 0 Å². The summed E-state index contributed by atoms with van der Waals surface area (Å²) in [4.78, 5) is 4.20. The molecule has 1 heterocycles. The number of nitrogens with two attached hydrogens (primary N) is 1. The average molecular weight is 207 g/mol. The van der Waals surface area contributed by atoms with Gasteiger partial charge in [-0.2, -0.15) is 0 Å². The third-order valence-corrected chi connectivity index (χ3v) is 3.57. The summed E-state index contributed by atoms with van der Waals surface area (Å²) in [6, 6.07) is 0.0810. The van der Waals surface area contributed by atoms with Crippen molar-refractivity contribution in [2.24, 2.45) is 11.1 Å². The smallest absolute Gasteiger partial charge is 0.0948 e. The van der Waals surface area contributed by atoms with Crippen LogP contribution >= 0.6 is 0 Å². The van der Waals surface area contributed by atoms with Crippen LogP contribution in [0.5, 0.6) is 0 Å². The van der Waals surface area contributed by atoms with Crippen LogP contribution in [0, 0.1) is 5.41 Å². The highest BCUT2D eigenvalue weighted by Crippen LogP contribution is 2.39. The molecule has 1 aromatic rings. The average Bonchev–Trinajstić information content (AvgIpc) is 2.75. The highest BCUT2D eigenvalue weighted by Gasteiger charge is 2.29. The molecule has 0 spiro atoms. The monoisotopic (exact) mass is 207 g/mol. The fourth-order valence-corrected chi connectivity index (χ4v) is 2.64. The SMILES string of the molecule is CC(N)c1cncn1CC1(C)CCCC1. The van der Waals surface area contributed by atoms with Crippen molar-refractivity contribution in [2.75, 3.05) is 0 Å². The summed E-state index contributed by atoms with van der Waals surface area (Å²) in [7, 11) is 0. The fraction of sp³-hybridized carbons (Fsp3) is 0.750. The Kier molecular flexibility index (Phi) is 2.83. The Labute approximate surface area is 91.7 Å². The molecule has 0 bridgehead atoms. The molecule has 1 unspecified atom stereocenters. The molecular formula is C12H21N3. The van der Waals surface area contributed by atoms with E-state index >= 15 is 0 Å². The molecule has 1 saturated carbocycles. The topological polar surface area (TPSA) is 43.8 Å². The minimum absolute atomic E-state index is 0.0810. The molecule has 3 nitrogen and oxygen atoms in total. The molecule has 2 rings (SSSR count). The summed E-state index contributed by atoms with van der Waals surface area (Å²) < 4.78 is 2.23. The van der Waals surface area contributed by atoms with Crippen LogP contribution in [0.3, 0.4) is 0 Å². The van der Waals surface area contributed by atoms with Crippen molar-refractivity contribution in [1.82, 2.24) is 9.55 Å². The normalized spacial score (nSPS) is 21.8. The number of hydrogen-bond acceptors (Lipinski definition) is 2. The Balaban J connectivity index is 2.13. The molecule has 1 fully saturated rings. The van der Waals surface area contributed by atoms with E-state index in [9.17, 15) is 0 Å². The van der Waals surface area contributed by atoms with Gasteiger partial charge in [0.05, 0.1) is 12.0 Å². The van der Waals surface area contributed by atoms with Gasteiger partial charge in [0.1, 0.15) is 0 Å². The van der Waals surface area contributed by atoms with E-state index in [4.69, 9.17) is 5.73 Å². The minimum atomic E-state index is 0.0810. The van der Waals surface area contributed by atoms with Crippen LogP contribution in [0.15, 0.2) is 12.5 Å². The Hall–Kier alpha value is -0.830. The molecule has 1 atom stereocenters. The maximum absolute atomic E-state index is 5.92. The highest BCUT2D eigenvalue weighted by atomic mass is 15.1. The summed E-state index contributed by atoms with van der Waals surface area (Å²) in [6.45, 7) is 5.47. The molecule has 0 amide bonds. The zero-order valence-electron chi connectivity index (χ0n) is 9.74. The molecule has 1 aromatic heterocycles. The van der Waals surface area contributed by atoms with Gasteiger partial charge in [0.25, 0.3) is 0 Å². The lowest BCUT2D eigenvalue weighted by atomic mass is 9.89. The Morgan fingerprint density at radius 1 is 1.53 bits per heavy atom. The summed E-state index contributed by atoms with van der Waals surface area (Å²) in [5, 5.41) is 0. The van der Waals surface area contributed by atoms with Crippen LogP contribution < -0.4 is 5.73 Å². The molecule has 15 heavy (non-hydrogen) atoms. The van der Waals surface area contributed by atoms with Gasteiger partial charge < -0.3 is 10.3 Å². The number of rotatable bonds is 3. The van der Waals surface area contributed by atoms with Crippen molar-refractivity contribution in [1.29, 1.82) is 0 Å². The quantitative estimate of drug-likeness (QED) is 0.827. The van der Waals surface area contributed by atoms with Crippen LogP contribution in [-0.4, -0.2) is 9.55 Å². The van der Waals surface area contributed by atoms with Crippen LogP contribution in [0.4, 0.5) is 0 Å². The molecule has 2 N–H and O–H groups in total. The zero-order valence-corrected chi connectivity index (χ0v) is 9.74. The summed E-state index contributed by atoms with van der Waals surface area (Å²) >= 11 is 0. The standard InChI is InChI=1S/C12H21N3/c1-10(13)11-7-14-9-15(11)8-12(2)5-3-4-6-12/h7,9-10H,3-6,8,13H2,1-2H3. The van der Waals surface area contributed by atoms with Crippen LogP contribution in [0.2, 0.25) is 0 Å². The van der Waals surface area contributed by atoms with Crippen molar-refractivity contribution in [3.05, 3.63) is 18.2 Å². The van der Waals surface area contributed by atoms with Gasteiger partial charge >= 0.3 is 0 Å². The van der Waals surface area contributed by atoms with E-state index in [-0.39, 0.29) is 6.04 Å². The first-order valence-electron chi connectivity index (χ1n) is 5.86. The third kappa shape index (κ3) is 2.23. The lowest BCUT2D eigenvalue weighted by Gasteiger charge is -2.25. The molecule has 1 aliphatic carbocycles. The van der Waals surface area contributed by atoms with Gasteiger partial charge in [-0.05, 0) is 25.2 Å². The van der Waals surface area contributed by atoms with Crippen molar-refractivity contribution in [3.63, 3.8) is 0 Å². The van der Waals surface area contributed by atoms with Gasteiger partial charge in [0.15, 0.2) is 0 Å². The first-order chi connectivity index (χ1) is 7.11. The van der Waals surface area contributed by atoms with Gasteiger partial charge in [-0.1, -0.05) is 19.8 Å². The van der Waals surface area contributed by atoms with E-state index in [2.05, 4.69) is 16.5 Å². The summed E-state index contributed by atoms with van der Waals surface area (Å²) in [6.07, 6.45) is 9.23. The number of imidazole rings is 1. The fourth-order valence-electron chi connectivity index (χ4n) is 2.64. The first-order valence-corrected chi connectivity index (χ1v) is 5.86. The van der Waals surface area contributed by atoms with Crippen molar-refractivity contribution >= 4 is 0 Å². The maximum Gasteiger partial charge on any atom is 0.0948 e. The minimum Gasteiger partial charge on any atom is -0.333 e. The predicted octanol–water partition coefficient (Wildman–Crippen LogP) is 2.48. The molecule has 0 radical (unpaired) electrons. The van der Waals surface area contributed by atoms with Gasteiger partial charge in [-0.25, -0.2) is 4.98 Å². The summed E-state index contributed by atoms with van der Waals surface area (Å²) in [5.41, 5.74) is 7.53. The molecule has 0 saturated heterocycles. The second-order valence-electron chi connectivity index (χ2n) is 5.25. The summed E-state index contributed by atoms with van der Waals surface area (Å²) in [5.74, 6) is 0. The molecule has 1 aliphatic rings. The Bertz CT molecular complexity index is 321. The van der Waals surface area contributed by atoms with E-state index in [1.54, 1.807) is 0 Å². The molecule has 3 heteroatoms. The molecule has 0 aromatic carbocycles. The van der Waals surface area contributed by atoms with E-state index in [1.165, 1.54) is 25.7 Å². The van der Waals surface area contributed by atoms with Crippen LogP contribution in [0.25, 0.3) is 0 Å². The number of hydrogen-bond donors (Lipinski definition) is 1. The van der Waals surface area contributed by atoms with Gasteiger partial charge in [-0.15, -0.1) is 0 Å².